The Morgan fingerprint density at radius 1 is 1.09 bits per heavy atom. The lowest BCUT2D eigenvalue weighted by Crippen LogP contribution is -2.28. The first-order chi connectivity index (χ1) is 11.1. The first-order valence-corrected chi connectivity index (χ1v) is 6.75. The summed E-state index contributed by atoms with van der Waals surface area (Å²) in [6.45, 7) is -0.379. The number of hydrogen-bond donors (Lipinski definition) is 1. The van der Waals surface area contributed by atoms with Gasteiger partial charge in [0.05, 0.1) is 17.2 Å². The van der Waals surface area contributed by atoms with Crippen LogP contribution < -0.4 is 10.9 Å². The predicted octanol–water partition coefficient (Wildman–Crippen LogP) is 2.31. The quantitative estimate of drug-likeness (QED) is 0.807. The van der Waals surface area contributed by atoms with Crippen molar-refractivity contribution in [1.82, 2.24) is 9.55 Å². The molecule has 1 N–H and O–H groups in total. The second-order valence-electron chi connectivity index (χ2n) is 4.82. The van der Waals surface area contributed by atoms with Crippen molar-refractivity contribution in [3.05, 3.63) is 70.6 Å². The number of fused-ring (bicyclic) bond motifs is 1. The van der Waals surface area contributed by atoms with E-state index in [1.165, 1.54) is 10.6 Å². The van der Waals surface area contributed by atoms with Crippen molar-refractivity contribution in [3.8, 4) is 0 Å². The van der Waals surface area contributed by atoms with Crippen LogP contribution in [0.1, 0.15) is 0 Å². The van der Waals surface area contributed by atoms with E-state index >= 15 is 0 Å². The summed E-state index contributed by atoms with van der Waals surface area (Å²) in [7, 11) is 0. The molecule has 1 amide bonds. The highest BCUT2D eigenvalue weighted by molar-refractivity contribution is 5.91. The van der Waals surface area contributed by atoms with Gasteiger partial charge in [0.1, 0.15) is 23.9 Å². The average molecular weight is 315 g/mol. The van der Waals surface area contributed by atoms with E-state index < -0.39 is 28.8 Å². The van der Waals surface area contributed by atoms with Crippen LogP contribution in [-0.4, -0.2) is 15.5 Å². The number of hydrogen-bond acceptors (Lipinski definition) is 3. The van der Waals surface area contributed by atoms with Crippen LogP contribution in [0.3, 0.4) is 0 Å². The maximum Gasteiger partial charge on any atom is 0.269 e. The van der Waals surface area contributed by atoms with Crippen molar-refractivity contribution in [3.63, 3.8) is 0 Å². The van der Waals surface area contributed by atoms with Gasteiger partial charge in [0.25, 0.3) is 5.56 Å². The van der Waals surface area contributed by atoms with Crippen molar-refractivity contribution in [1.29, 1.82) is 0 Å². The molecule has 0 aliphatic heterocycles. The highest BCUT2D eigenvalue weighted by Gasteiger charge is 2.14. The van der Waals surface area contributed by atoms with E-state index in [1.54, 1.807) is 24.3 Å². The molecule has 0 fully saturated rings. The summed E-state index contributed by atoms with van der Waals surface area (Å²) in [6.07, 6.45) is 1.10. The van der Waals surface area contributed by atoms with Gasteiger partial charge in [0, 0.05) is 0 Å². The fourth-order valence-electron chi connectivity index (χ4n) is 2.22. The zero-order chi connectivity index (χ0) is 16.4. The van der Waals surface area contributed by atoms with Gasteiger partial charge in [-0.2, -0.15) is 0 Å². The molecule has 0 saturated carbocycles. The zero-order valence-corrected chi connectivity index (χ0v) is 11.8. The van der Waals surface area contributed by atoms with E-state index in [0.29, 0.717) is 11.0 Å². The molecule has 7 heteroatoms. The Morgan fingerprint density at radius 2 is 1.78 bits per heavy atom. The number of halogens is 2. The lowest BCUT2D eigenvalue weighted by molar-refractivity contribution is -0.116. The molecule has 0 spiro atoms. The Kier molecular flexibility index (Phi) is 3.84. The van der Waals surface area contributed by atoms with E-state index in [4.69, 9.17) is 0 Å². The molecule has 5 nitrogen and oxygen atoms in total. The number of benzene rings is 2. The predicted molar refractivity (Wildman–Crippen MR) is 81.0 cm³/mol. The average Bonchev–Trinajstić information content (AvgIpc) is 2.54. The van der Waals surface area contributed by atoms with Crippen molar-refractivity contribution in [2.45, 2.75) is 6.54 Å². The van der Waals surface area contributed by atoms with Crippen LogP contribution in [0.5, 0.6) is 0 Å². The lowest BCUT2D eigenvalue weighted by atomic mass is 10.2. The summed E-state index contributed by atoms with van der Waals surface area (Å²) in [6, 6.07) is 10.0. The second kappa shape index (κ2) is 5.96. The molecule has 3 aromatic rings. The summed E-state index contributed by atoms with van der Waals surface area (Å²) < 4.78 is 28.3. The Morgan fingerprint density at radius 3 is 2.52 bits per heavy atom. The normalized spacial score (nSPS) is 10.7. The molecule has 0 aliphatic carbocycles. The summed E-state index contributed by atoms with van der Waals surface area (Å²) in [5.74, 6) is -2.48. The standard InChI is InChI=1S/C16H11F2N3O2/c17-10-4-3-5-11(18)16(10)20-14(22)9-21-13-7-2-1-6-12(13)19-8-15(21)23/h1-8H,9H2,(H,20,22). The Labute approximate surface area is 129 Å². The highest BCUT2D eigenvalue weighted by atomic mass is 19.1. The van der Waals surface area contributed by atoms with Crippen molar-refractivity contribution in [2.75, 3.05) is 5.32 Å². The number of aromatic nitrogens is 2. The smallest absolute Gasteiger partial charge is 0.269 e. The minimum absolute atomic E-state index is 0.379. The number of nitrogens with zero attached hydrogens (tertiary/aromatic N) is 2. The molecule has 1 aromatic heterocycles. The molecular weight excluding hydrogens is 304 g/mol. The number of anilines is 1. The lowest BCUT2D eigenvalue weighted by Gasteiger charge is -2.11. The molecule has 2 aromatic carbocycles. The molecule has 3 rings (SSSR count). The van der Waals surface area contributed by atoms with Gasteiger partial charge in [-0.25, -0.2) is 13.8 Å². The second-order valence-corrected chi connectivity index (χ2v) is 4.82. The van der Waals surface area contributed by atoms with Crippen molar-refractivity contribution in [2.24, 2.45) is 0 Å². The van der Waals surface area contributed by atoms with Crippen molar-refractivity contribution >= 4 is 22.6 Å². The maximum atomic E-state index is 13.5. The summed E-state index contributed by atoms with van der Waals surface area (Å²) in [4.78, 5) is 28.0. The first kappa shape index (κ1) is 14.8. The maximum absolute atomic E-state index is 13.5. The van der Waals surface area contributed by atoms with Gasteiger partial charge < -0.3 is 5.32 Å². The molecule has 0 bridgehead atoms. The van der Waals surface area contributed by atoms with Crippen LogP contribution in [0, 0.1) is 11.6 Å². The fraction of sp³-hybridized carbons (Fsp3) is 0.0625. The third-order valence-corrected chi connectivity index (χ3v) is 3.28. The summed E-state index contributed by atoms with van der Waals surface area (Å²) in [5, 5.41) is 2.15. The molecular formula is C16H11F2N3O2. The molecule has 23 heavy (non-hydrogen) atoms. The van der Waals surface area contributed by atoms with Gasteiger partial charge in [0.15, 0.2) is 0 Å². The van der Waals surface area contributed by atoms with E-state index in [2.05, 4.69) is 10.3 Å². The van der Waals surface area contributed by atoms with Crippen LogP contribution in [0.25, 0.3) is 11.0 Å². The Hall–Kier alpha value is -3.09. The van der Waals surface area contributed by atoms with Gasteiger partial charge in [0.2, 0.25) is 5.91 Å². The fourth-order valence-corrected chi connectivity index (χ4v) is 2.22. The molecule has 0 saturated heterocycles. The van der Waals surface area contributed by atoms with E-state index in [9.17, 15) is 18.4 Å². The minimum Gasteiger partial charge on any atom is -0.320 e. The molecule has 116 valence electrons. The molecule has 0 radical (unpaired) electrons. The Balaban J connectivity index is 1.92. The third kappa shape index (κ3) is 2.94. The summed E-state index contributed by atoms with van der Waals surface area (Å²) in [5.41, 5.74) is -0.0158. The highest BCUT2D eigenvalue weighted by Crippen LogP contribution is 2.18. The van der Waals surface area contributed by atoms with Gasteiger partial charge in [-0.05, 0) is 24.3 Å². The van der Waals surface area contributed by atoms with Gasteiger partial charge in [-0.15, -0.1) is 0 Å². The SMILES string of the molecule is O=C(Cn1c(=O)cnc2ccccc21)Nc1c(F)cccc1F. The van der Waals surface area contributed by atoms with E-state index in [1.807, 2.05) is 0 Å². The minimum atomic E-state index is -0.884. The van der Waals surface area contributed by atoms with Crippen LogP contribution in [0.15, 0.2) is 53.5 Å². The summed E-state index contributed by atoms with van der Waals surface area (Å²) >= 11 is 0. The Bertz CT molecular complexity index is 933. The van der Waals surface area contributed by atoms with E-state index in [-0.39, 0.29) is 6.54 Å². The van der Waals surface area contributed by atoms with Crippen LogP contribution >= 0.6 is 0 Å². The number of rotatable bonds is 3. The number of carbonyl (C=O) groups excluding carboxylic acids is 1. The zero-order valence-electron chi connectivity index (χ0n) is 11.8. The van der Waals surface area contributed by atoms with Gasteiger partial charge >= 0.3 is 0 Å². The largest absolute Gasteiger partial charge is 0.320 e. The number of amides is 1. The molecule has 0 atom stereocenters. The molecule has 0 unspecified atom stereocenters. The number of para-hydroxylation sites is 3. The molecule has 1 heterocycles. The van der Waals surface area contributed by atoms with Crippen LogP contribution in [0.4, 0.5) is 14.5 Å². The number of nitrogens with one attached hydrogen (secondary N) is 1. The monoisotopic (exact) mass is 315 g/mol. The third-order valence-electron chi connectivity index (χ3n) is 3.28. The van der Waals surface area contributed by atoms with Gasteiger partial charge in [-0.3, -0.25) is 14.2 Å². The van der Waals surface area contributed by atoms with E-state index in [0.717, 1.165) is 18.3 Å². The van der Waals surface area contributed by atoms with Crippen molar-refractivity contribution < 1.29 is 13.6 Å². The number of carbonyl (C=O) groups is 1. The van der Waals surface area contributed by atoms with Gasteiger partial charge in [-0.1, -0.05) is 18.2 Å². The molecule has 0 aliphatic rings. The van der Waals surface area contributed by atoms with Crippen LogP contribution in [-0.2, 0) is 11.3 Å². The topological polar surface area (TPSA) is 64.0 Å². The first-order valence-electron chi connectivity index (χ1n) is 6.75. The van der Waals surface area contributed by atoms with Crippen LogP contribution in [0.2, 0.25) is 0 Å².